The van der Waals surface area contributed by atoms with E-state index in [0.717, 1.165) is 40.3 Å². The molecule has 2 aromatic heterocycles. The van der Waals surface area contributed by atoms with Crippen LogP contribution in [-0.4, -0.2) is 32.0 Å². The molecule has 2 atom stereocenters. The second-order valence-electron chi connectivity index (χ2n) is 11.2. The molecule has 242 valence electrons. The third kappa shape index (κ3) is 17.1. The molecule has 0 bridgehead atoms. The Morgan fingerprint density at radius 3 is 1.24 bits per heavy atom. The first-order valence-corrected chi connectivity index (χ1v) is 16.4. The lowest BCUT2D eigenvalue weighted by Crippen LogP contribution is -2.15. The number of carbonyl (C=O) groups excluding carboxylic acids is 2. The molecule has 2 aromatic carbocycles. The topological polar surface area (TPSA) is 85.7 Å². The third-order valence-electron chi connectivity index (χ3n) is 6.74. The van der Waals surface area contributed by atoms with Crippen LogP contribution in [0.4, 0.5) is 0 Å². The van der Waals surface area contributed by atoms with Gasteiger partial charge in [0.05, 0.1) is 22.8 Å². The van der Waals surface area contributed by atoms with Crippen molar-refractivity contribution in [3.63, 3.8) is 0 Å². The Kier molecular flexibility index (Phi) is 20.2. The van der Waals surface area contributed by atoms with E-state index in [2.05, 4.69) is 58.5 Å². The van der Waals surface area contributed by atoms with E-state index in [9.17, 15) is 9.59 Å². The summed E-state index contributed by atoms with van der Waals surface area (Å²) >= 11 is 0. The molecule has 45 heavy (non-hydrogen) atoms. The first-order chi connectivity index (χ1) is 21.7. The summed E-state index contributed by atoms with van der Waals surface area (Å²) in [6, 6.07) is 27.9. The molecule has 0 N–H and O–H groups in total. The van der Waals surface area contributed by atoms with Gasteiger partial charge in [-0.25, -0.2) is 0 Å². The average Bonchev–Trinajstić information content (AvgIpc) is 3.04. The summed E-state index contributed by atoms with van der Waals surface area (Å²) in [6.45, 7) is 15.4. The van der Waals surface area contributed by atoms with E-state index in [-0.39, 0.29) is 11.6 Å². The number of hydrogen-bond donors (Lipinski definition) is 0. The van der Waals surface area contributed by atoms with Crippen LogP contribution in [0.1, 0.15) is 119 Å². The van der Waals surface area contributed by atoms with E-state index >= 15 is 0 Å². The monoisotopic (exact) mass is 610 g/mol. The maximum absolute atomic E-state index is 10.6. The predicted molar refractivity (Wildman–Crippen MR) is 186 cm³/mol. The Bertz CT molecular complexity index is 1220. The molecule has 1 aliphatic carbocycles. The number of hydrogen-bond acceptors (Lipinski definition) is 6. The lowest BCUT2D eigenvalue weighted by atomic mass is 9.78. The summed E-state index contributed by atoms with van der Waals surface area (Å²) in [5.74, 6) is 1.44. The summed E-state index contributed by atoms with van der Waals surface area (Å²) < 4.78 is 0. The van der Waals surface area contributed by atoms with E-state index in [4.69, 9.17) is 0 Å². The van der Waals surface area contributed by atoms with Gasteiger partial charge in [0.1, 0.15) is 11.6 Å². The number of benzene rings is 2. The molecule has 6 nitrogen and oxygen atoms in total. The van der Waals surface area contributed by atoms with E-state index in [0.29, 0.717) is 24.7 Å². The molecule has 0 aliphatic heterocycles. The SMILES string of the molecule is CC.CC(=O)Cc1ccccc1.CC(=O)Cc1ccccc1.CCC.Cc1ccc([C@@H]2CCC[C@H](c3ccc(C)nn3)C2)nn1. The number of nitrogens with zero attached hydrogens (tertiary/aromatic N) is 4. The predicted octanol–water partition coefficient (Wildman–Crippen LogP) is 9.40. The highest BCUT2D eigenvalue weighted by molar-refractivity contribution is 5.78. The second kappa shape index (κ2) is 23.3. The van der Waals surface area contributed by atoms with Crippen LogP contribution in [0.3, 0.4) is 0 Å². The molecular weight excluding hydrogens is 556 g/mol. The number of ketones is 2. The third-order valence-corrected chi connectivity index (χ3v) is 6.74. The molecule has 4 aromatic rings. The molecule has 1 aliphatic rings. The number of Topliss-reactive ketones (excluding diaryl/α,β-unsaturated/α-hetero) is 2. The molecule has 1 fully saturated rings. The quantitative estimate of drug-likeness (QED) is 0.216. The van der Waals surface area contributed by atoms with Crippen molar-refractivity contribution in [2.24, 2.45) is 0 Å². The molecule has 2 heterocycles. The van der Waals surface area contributed by atoms with Crippen molar-refractivity contribution in [2.75, 3.05) is 0 Å². The van der Waals surface area contributed by atoms with E-state index in [1.165, 1.54) is 25.7 Å². The molecule has 1 saturated carbocycles. The van der Waals surface area contributed by atoms with Crippen LogP contribution in [0.2, 0.25) is 0 Å². The highest BCUT2D eigenvalue weighted by Gasteiger charge is 2.26. The summed E-state index contributed by atoms with van der Waals surface area (Å²) in [5.41, 5.74) is 6.39. The fraction of sp³-hybridized carbons (Fsp3) is 0.436. The van der Waals surface area contributed by atoms with Crippen LogP contribution in [-0.2, 0) is 22.4 Å². The Hall–Kier alpha value is -4.06. The zero-order valence-corrected chi connectivity index (χ0v) is 28.8. The summed E-state index contributed by atoms with van der Waals surface area (Å²) in [4.78, 5) is 21.2. The minimum absolute atomic E-state index is 0.214. The fourth-order valence-corrected chi connectivity index (χ4v) is 4.75. The number of rotatable bonds is 6. The standard InChI is InChI=1S/C16H20N4.2C9H10O.C3H8.C2H6/c1-11-6-8-15(19-17-11)13-4-3-5-14(10-13)16-9-7-12(2)18-20-16;2*1-8(10)7-9-5-3-2-4-6-9;1-3-2;1-2/h6-9,13-14H,3-5,10H2,1-2H3;2*2-6H,7H2,1H3;3H2,1-2H3;1-2H3/t13-,14+;;;;. The van der Waals surface area contributed by atoms with Crippen LogP contribution in [0, 0.1) is 13.8 Å². The van der Waals surface area contributed by atoms with Crippen LogP contribution in [0.5, 0.6) is 0 Å². The first-order valence-electron chi connectivity index (χ1n) is 16.4. The molecule has 0 radical (unpaired) electrons. The maximum atomic E-state index is 10.6. The van der Waals surface area contributed by atoms with E-state index in [1.54, 1.807) is 13.8 Å². The van der Waals surface area contributed by atoms with Gasteiger partial charge in [-0.2, -0.15) is 20.4 Å². The Morgan fingerprint density at radius 2 is 0.956 bits per heavy atom. The summed E-state index contributed by atoms with van der Waals surface area (Å²) in [7, 11) is 0. The van der Waals surface area contributed by atoms with Gasteiger partial charge >= 0.3 is 0 Å². The molecule has 5 rings (SSSR count). The van der Waals surface area contributed by atoms with Gasteiger partial charge in [-0.1, -0.05) is 101 Å². The van der Waals surface area contributed by atoms with Crippen LogP contribution >= 0.6 is 0 Å². The van der Waals surface area contributed by atoms with Gasteiger partial charge in [0, 0.05) is 24.7 Å². The van der Waals surface area contributed by atoms with Crippen LogP contribution in [0.25, 0.3) is 0 Å². The van der Waals surface area contributed by atoms with Gasteiger partial charge in [0.15, 0.2) is 0 Å². The van der Waals surface area contributed by atoms with Crippen molar-refractivity contribution < 1.29 is 9.59 Å². The van der Waals surface area contributed by atoms with Gasteiger partial charge in [-0.15, -0.1) is 0 Å². The lowest BCUT2D eigenvalue weighted by Gasteiger charge is -2.28. The van der Waals surface area contributed by atoms with Gasteiger partial charge in [0.25, 0.3) is 0 Å². The number of aryl methyl sites for hydroxylation is 2. The van der Waals surface area contributed by atoms with Crippen LogP contribution < -0.4 is 0 Å². The first kappa shape index (κ1) is 39.0. The lowest BCUT2D eigenvalue weighted by molar-refractivity contribution is -0.117. The Balaban J connectivity index is 0.000000343. The minimum atomic E-state index is 0.214. The van der Waals surface area contributed by atoms with Crippen LogP contribution in [0.15, 0.2) is 84.9 Å². The largest absolute Gasteiger partial charge is 0.300 e. The zero-order valence-electron chi connectivity index (χ0n) is 28.8. The van der Waals surface area contributed by atoms with E-state index < -0.39 is 0 Å². The zero-order chi connectivity index (χ0) is 33.5. The van der Waals surface area contributed by atoms with Gasteiger partial charge in [-0.3, -0.25) is 9.59 Å². The highest BCUT2D eigenvalue weighted by atomic mass is 16.1. The van der Waals surface area contributed by atoms with Crippen molar-refractivity contribution >= 4 is 11.6 Å². The molecule has 0 saturated heterocycles. The number of aromatic nitrogens is 4. The molecular formula is C39H54N4O2. The second-order valence-corrected chi connectivity index (χ2v) is 11.2. The molecule has 0 spiro atoms. The summed E-state index contributed by atoms with van der Waals surface area (Å²) in [6.07, 6.45) is 7.10. The van der Waals surface area contributed by atoms with E-state index in [1.807, 2.05) is 88.4 Å². The van der Waals surface area contributed by atoms with Crippen molar-refractivity contribution in [2.45, 2.75) is 112 Å². The van der Waals surface area contributed by atoms with Crippen molar-refractivity contribution in [1.82, 2.24) is 20.4 Å². The van der Waals surface area contributed by atoms with Crippen molar-refractivity contribution in [3.8, 4) is 0 Å². The van der Waals surface area contributed by atoms with Crippen molar-refractivity contribution in [1.29, 1.82) is 0 Å². The minimum Gasteiger partial charge on any atom is -0.300 e. The summed E-state index contributed by atoms with van der Waals surface area (Å²) in [5, 5.41) is 17.1. The smallest absolute Gasteiger partial charge is 0.134 e. The van der Waals surface area contributed by atoms with Gasteiger partial charge < -0.3 is 0 Å². The maximum Gasteiger partial charge on any atom is 0.134 e. The van der Waals surface area contributed by atoms with Crippen molar-refractivity contribution in [3.05, 3.63) is 119 Å². The molecule has 0 amide bonds. The Labute approximate surface area is 272 Å². The highest BCUT2D eigenvalue weighted by Crippen LogP contribution is 2.39. The van der Waals surface area contributed by atoms with Gasteiger partial charge in [0.2, 0.25) is 0 Å². The molecule has 0 unspecified atom stereocenters. The Morgan fingerprint density at radius 1 is 0.600 bits per heavy atom. The molecule has 6 heteroatoms. The number of carbonyl (C=O) groups is 2. The fourth-order valence-electron chi connectivity index (χ4n) is 4.75. The van der Waals surface area contributed by atoms with Gasteiger partial charge in [-0.05, 0) is 82.3 Å². The average molecular weight is 611 g/mol. The normalized spacial score (nSPS) is 14.8.